The minimum Gasteiger partial charge on any atom is -0.508 e. The molecule has 200 valence electrons. The van der Waals surface area contributed by atoms with E-state index in [1.54, 1.807) is 0 Å². The third kappa shape index (κ3) is 3.91. The third-order valence-electron chi connectivity index (χ3n) is 8.13. The predicted molar refractivity (Wildman–Crippen MR) is 146 cm³/mol. The Hall–Kier alpha value is -3.50. The minimum absolute atomic E-state index is 0.0822. The van der Waals surface area contributed by atoms with Gasteiger partial charge in [0.25, 0.3) is 0 Å². The molecule has 8 nitrogen and oxygen atoms in total. The Balaban J connectivity index is 1.52. The molecule has 0 unspecified atom stereocenters. The van der Waals surface area contributed by atoms with Gasteiger partial charge in [0, 0.05) is 45.7 Å². The van der Waals surface area contributed by atoms with Crippen molar-refractivity contribution in [1.29, 1.82) is 0 Å². The van der Waals surface area contributed by atoms with E-state index < -0.39 is 23.7 Å². The van der Waals surface area contributed by atoms with E-state index in [-0.39, 0.29) is 58.1 Å². The zero-order valence-corrected chi connectivity index (χ0v) is 23.5. The van der Waals surface area contributed by atoms with E-state index in [0.29, 0.717) is 23.1 Å². The molecule has 1 aromatic carbocycles. The Morgan fingerprint density at radius 1 is 1.08 bits per heavy atom. The zero-order valence-electron chi connectivity index (χ0n) is 21.1. The van der Waals surface area contributed by atoms with E-state index in [9.17, 15) is 24.3 Å². The summed E-state index contributed by atoms with van der Waals surface area (Å²) < 4.78 is 11.4. The largest absolute Gasteiger partial charge is 0.508 e. The van der Waals surface area contributed by atoms with Crippen molar-refractivity contribution >= 4 is 50.6 Å². The Labute approximate surface area is 236 Å². The number of halogens is 1. The normalized spacial score (nSPS) is 26.2. The van der Waals surface area contributed by atoms with Crippen LogP contribution >= 0.6 is 27.3 Å². The van der Waals surface area contributed by atoms with E-state index in [2.05, 4.69) is 15.9 Å². The van der Waals surface area contributed by atoms with E-state index >= 15 is 0 Å². The first-order valence-electron chi connectivity index (χ1n) is 12.5. The van der Waals surface area contributed by atoms with Gasteiger partial charge in [0.2, 0.25) is 11.8 Å². The number of nitrogens with zero attached hydrogens (tertiary/aromatic N) is 1. The molecule has 0 spiro atoms. The number of ether oxygens (including phenoxy) is 2. The number of hydrogen-bond donors (Lipinski definition) is 1. The summed E-state index contributed by atoms with van der Waals surface area (Å²) in [5.74, 6) is -3.05. The van der Waals surface area contributed by atoms with Gasteiger partial charge in [0.05, 0.1) is 37.1 Å². The lowest BCUT2D eigenvalue weighted by Crippen LogP contribution is -2.39. The van der Waals surface area contributed by atoms with Gasteiger partial charge in [0.15, 0.2) is 11.6 Å². The maximum Gasteiger partial charge on any atom is 0.234 e. The van der Waals surface area contributed by atoms with Crippen LogP contribution < -0.4 is 9.47 Å². The highest BCUT2D eigenvalue weighted by Gasteiger charge is 2.56. The number of phenolic OH excluding ortho intramolecular Hbond substituents is 1. The summed E-state index contributed by atoms with van der Waals surface area (Å²) in [6, 6.07) is 6.64. The standard InChI is InChI=1S/C29H24BrNO7S/c1-37-21-8-13(32)9-22(38-2)26(21)25-15-5-6-16-23(29(36)31(28(16)35)12-14-4-3-7-39-14)17(15)10-18-24(25)20(33)11-19(30)27(18)34/h3-5,7-9,11,16-17,23,25,32H,6,10,12H2,1-2H3/t16-,17+,23-,25-/m0/s1. The van der Waals surface area contributed by atoms with Gasteiger partial charge in [-0.05, 0) is 46.1 Å². The number of carbonyl (C=O) groups is 4. The number of hydrogen-bond acceptors (Lipinski definition) is 8. The number of methoxy groups -OCH3 is 2. The van der Waals surface area contributed by atoms with Gasteiger partial charge >= 0.3 is 0 Å². The fourth-order valence-electron chi connectivity index (χ4n) is 6.53. The molecule has 6 rings (SSSR count). The van der Waals surface area contributed by atoms with Crippen LogP contribution in [-0.4, -0.2) is 47.6 Å². The lowest BCUT2D eigenvalue weighted by molar-refractivity contribution is -0.140. The number of rotatable bonds is 5. The van der Waals surface area contributed by atoms with Gasteiger partial charge in [-0.3, -0.25) is 24.1 Å². The minimum atomic E-state index is -0.757. The second-order valence-electron chi connectivity index (χ2n) is 10.00. The quantitative estimate of drug-likeness (QED) is 0.303. The van der Waals surface area contributed by atoms with Crippen molar-refractivity contribution in [2.24, 2.45) is 17.8 Å². The molecule has 2 amide bonds. The summed E-state index contributed by atoms with van der Waals surface area (Å²) >= 11 is 4.72. The summed E-state index contributed by atoms with van der Waals surface area (Å²) in [4.78, 5) is 56.5. The Bertz CT molecular complexity index is 1510. The summed E-state index contributed by atoms with van der Waals surface area (Å²) in [6.45, 7) is 0.215. The van der Waals surface area contributed by atoms with Crippen LogP contribution in [0.3, 0.4) is 0 Å². The van der Waals surface area contributed by atoms with Crippen LogP contribution in [-0.2, 0) is 25.7 Å². The number of imide groups is 1. The molecule has 4 aliphatic rings. The molecule has 0 bridgehead atoms. The van der Waals surface area contributed by atoms with E-state index in [1.165, 1.54) is 48.7 Å². The molecule has 4 atom stereocenters. The van der Waals surface area contributed by atoms with Gasteiger partial charge in [-0.15, -0.1) is 11.3 Å². The first kappa shape index (κ1) is 25.8. The molecule has 2 heterocycles. The highest BCUT2D eigenvalue weighted by molar-refractivity contribution is 9.12. The van der Waals surface area contributed by atoms with Crippen LogP contribution in [0.1, 0.15) is 29.2 Å². The molecule has 39 heavy (non-hydrogen) atoms. The van der Waals surface area contributed by atoms with Crippen molar-refractivity contribution in [3.05, 3.63) is 73.4 Å². The van der Waals surface area contributed by atoms with E-state index in [0.717, 1.165) is 10.5 Å². The molecule has 1 N–H and O–H groups in total. The Kier molecular flexibility index (Phi) is 6.34. The number of phenols is 1. The number of Topliss-reactive ketones (excluding diaryl/α,β-unsaturated/α-hetero) is 1. The smallest absolute Gasteiger partial charge is 0.234 e. The average molecular weight is 610 g/mol. The van der Waals surface area contributed by atoms with Gasteiger partial charge in [0.1, 0.15) is 17.2 Å². The van der Waals surface area contributed by atoms with Crippen molar-refractivity contribution in [1.82, 2.24) is 4.90 Å². The SMILES string of the molecule is COc1cc(O)cc(OC)c1[C@H]1C2=CC[C@@H]3C(=O)N(Cc4cccs4)C(=O)[C@@H]3[C@@H]2CC2=C1C(=O)C=C(Br)C2=O. The van der Waals surface area contributed by atoms with Crippen molar-refractivity contribution in [3.8, 4) is 17.2 Å². The summed E-state index contributed by atoms with van der Waals surface area (Å²) in [7, 11) is 2.90. The molecule has 3 aliphatic carbocycles. The van der Waals surface area contributed by atoms with Crippen LogP contribution in [0.2, 0.25) is 0 Å². The van der Waals surface area contributed by atoms with Gasteiger partial charge < -0.3 is 14.6 Å². The number of thiophene rings is 1. The van der Waals surface area contributed by atoms with Gasteiger partial charge in [-0.2, -0.15) is 0 Å². The number of amides is 2. The Morgan fingerprint density at radius 2 is 1.79 bits per heavy atom. The summed E-state index contributed by atoms with van der Waals surface area (Å²) in [5.41, 5.74) is 1.89. The fraction of sp³-hybridized carbons (Fsp3) is 0.310. The maximum atomic E-state index is 13.8. The number of carbonyl (C=O) groups excluding carboxylic acids is 4. The number of benzene rings is 1. The molecule has 1 saturated heterocycles. The topological polar surface area (TPSA) is 110 Å². The van der Waals surface area contributed by atoms with Crippen molar-refractivity contribution in [3.63, 3.8) is 0 Å². The van der Waals surface area contributed by atoms with E-state index in [1.807, 2.05) is 23.6 Å². The number of ketones is 2. The predicted octanol–water partition coefficient (Wildman–Crippen LogP) is 4.43. The van der Waals surface area contributed by atoms with Crippen LogP contribution in [0.5, 0.6) is 17.2 Å². The summed E-state index contributed by atoms with van der Waals surface area (Å²) in [5, 5.41) is 12.2. The number of aromatic hydroxyl groups is 1. The second-order valence-corrected chi connectivity index (χ2v) is 11.9. The monoisotopic (exact) mass is 609 g/mol. The first-order chi connectivity index (χ1) is 18.7. The molecule has 0 saturated carbocycles. The molecule has 1 aromatic heterocycles. The number of fused-ring (bicyclic) bond motifs is 3. The molecular formula is C29H24BrNO7S. The highest BCUT2D eigenvalue weighted by atomic mass is 79.9. The van der Waals surface area contributed by atoms with Crippen molar-refractivity contribution in [2.45, 2.75) is 25.3 Å². The maximum absolute atomic E-state index is 13.8. The molecule has 2 aromatic rings. The first-order valence-corrected chi connectivity index (χ1v) is 14.1. The van der Waals surface area contributed by atoms with Crippen molar-refractivity contribution in [2.75, 3.05) is 14.2 Å². The fourth-order valence-corrected chi connectivity index (χ4v) is 7.67. The zero-order chi connectivity index (χ0) is 27.6. The van der Waals surface area contributed by atoms with Gasteiger partial charge in [-0.1, -0.05) is 17.7 Å². The number of allylic oxidation sites excluding steroid dienone is 6. The van der Waals surface area contributed by atoms with Gasteiger partial charge in [-0.25, -0.2) is 0 Å². The number of likely N-dealkylation sites (tertiary alicyclic amines) is 1. The van der Waals surface area contributed by atoms with Crippen LogP contribution in [0.25, 0.3) is 0 Å². The highest BCUT2D eigenvalue weighted by Crippen LogP contribution is 2.58. The molecular weight excluding hydrogens is 586 g/mol. The van der Waals surface area contributed by atoms with Crippen LogP contribution in [0, 0.1) is 17.8 Å². The molecule has 1 aliphatic heterocycles. The lowest BCUT2D eigenvalue weighted by Gasteiger charge is -2.42. The Morgan fingerprint density at radius 3 is 2.44 bits per heavy atom. The van der Waals surface area contributed by atoms with E-state index in [4.69, 9.17) is 9.47 Å². The average Bonchev–Trinajstić information content (AvgIpc) is 3.53. The second kappa shape index (κ2) is 9.60. The lowest BCUT2D eigenvalue weighted by atomic mass is 9.59. The van der Waals surface area contributed by atoms with Crippen molar-refractivity contribution < 1.29 is 33.8 Å². The molecule has 0 radical (unpaired) electrons. The molecule has 10 heteroatoms. The summed E-state index contributed by atoms with van der Waals surface area (Å²) in [6.07, 6.45) is 3.72. The van der Waals surface area contributed by atoms with Crippen LogP contribution in [0.15, 0.2) is 63.0 Å². The molecule has 1 fully saturated rings. The van der Waals surface area contributed by atoms with Crippen LogP contribution in [0.4, 0.5) is 0 Å². The third-order valence-corrected chi connectivity index (χ3v) is 9.58.